The number of nitriles is 1. The molecule has 2 aromatic rings. The highest BCUT2D eigenvalue weighted by Gasteiger charge is 2.04. The molecule has 20 heavy (non-hydrogen) atoms. The molecule has 2 rings (SSSR count). The van der Waals surface area contributed by atoms with Gasteiger partial charge in [-0.25, -0.2) is 0 Å². The highest BCUT2D eigenvalue weighted by molar-refractivity contribution is 5.51. The molecule has 0 aliphatic rings. The van der Waals surface area contributed by atoms with Gasteiger partial charge in [0.05, 0.1) is 16.6 Å². The number of benzene rings is 2. The van der Waals surface area contributed by atoms with Crippen molar-refractivity contribution in [2.24, 2.45) is 0 Å². The Hall–Kier alpha value is -2.93. The van der Waals surface area contributed by atoms with E-state index in [9.17, 15) is 10.1 Å². The van der Waals surface area contributed by atoms with Gasteiger partial charge in [-0.15, -0.1) is 0 Å². The highest BCUT2D eigenvalue weighted by Crippen LogP contribution is 2.14. The molecule has 4 heteroatoms. The van der Waals surface area contributed by atoms with Crippen LogP contribution in [0.1, 0.15) is 16.7 Å². The summed E-state index contributed by atoms with van der Waals surface area (Å²) < 4.78 is 0. The molecule has 98 valence electrons. The zero-order valence-electron chi connectivity index (χ0n) is 10.7. The first-order valence-electron chi connectivity index (χ1n) is 6.09. The van der Waals surface area contributed by atoms with Crippen molar-refractivity contribution in [3.05, 3.63) is 81.4 Å². The van der Waals surface area contributed by atoms with Gasteiger partial charge in [-0.2, -0.15) is 5.26 Å². The predicted molar refractivity (Wildman–Crippen MR) is 77.0 cm³/mol. The van der Waals surface area contributed by atoms with Crippen LogP contribution in [-0.4, -0.2) is 4.92 Å². The van der Waals surface area contributed by atoms with Gasteiger partial charge >= 0.3 is 0 Å². The molecule has 0 saturated heterocycles. The second-order valence-corrected chi connectivity index (χ2v) is 4.27. The molecule has 4 nitrogen and oxygen atoms in total. The molecule has 0 atom stereocenters. The smallest absolute Gasteiger partial charge is 0.258 e. The van der Waals surface area contributed by atoms with Gasteiger partial charge in [0.15, 0.2) is 0 Å². The summed E-state index contributed by atoms with van der Waals surface area (Å²) in [5.74, 6) is 0. The fraction of sp³-hybridized carbons (Fsp3) is 0.0625. The Morgan fingerprint density at radius 2 is 1.95 bits per heavy atom. The molecule has 0 unspecified atom stereocenters. The summed E-state index contributed by atoms with van der Waals surface area (Å²) in [6.45, 7) is 0. The van der Waals surface area contributed by atoms with E-state index >= 15 is 0 Å². The first-order chi connectivity index (χ1) is 9.69. The van der Waals surface area contributed by atoms with Crippen LogP contribution < -0.4 is 0 Å². The molecule has 0 fully saturated rings. The van der Waals surface area contributed by atoms with Gasteiger partial charge < -0.3 is 0 Å². The Labute approximate surface area is 116 Å². The van der Waals surface area contributed by atoms with Crippen LogP contribution in [0.4, 0.5) is 5.69 Å². The van der Waals surface area contributed by atoms with Crippen LogP contribution in [0.2, 0.25) is 0 Å². The Morgan fingerprint density at radius 3 is 2.60 bits per heavy atom. The maximum atomic E-state index is 10.7. The standard InChI is InChI=1S/C16H12N2O2/c17-12-15-9-7-13(8-10-15)3-1-4-14-5-2-6-16(11-14)18(19)20/h1-3,5-11H,4H2/b3-1+. The van der Waals surface area contributed by atoms with Crippen LogP contribution >= 0.6 is 0 Å². The third-order valence-corrected chi connectivity index (χ3v) is 2.83. The van der Waals surface area contributed by atoms with Crippen molar-refractivity contribution in [3.8, 4) is 6.07 Å². The lowest BCUT2D eigenvalue weighted by Gasteiger charge is -1.97. The molecule has 0 radical (unpaired) electrons. The van der Waals surface area contributed by atoms with Crippen LogP contribution in [-0.2, 0) is 6.42 Å². The SMILES string of the molecule is N#Cc1ccc(/C=C/Cc2cccc([N+](=O)[O-])c2)cc1. The van der Waals surface area contributed by atoms with E-state index in [0.717, 1.165) is 11.1 Å². The predicted octanol–water partition coefficient (Wildman–Crippen LogP) is 3.72. The van der Waals surface area contributed by atoms with Gasteiger partial charge in [-0.1, -0.05) is 36.4 Å². The molecular formula is C16H12N2O2. The summed E-state index contributed by atoms with van der Waals surface area (Å²) in [5.41, 5.74) is 2.62. The Bertz CT molecular complexity index is 682. The van der Waals surface area contributed by atoms with Crippen LogP contribution in [0.15, 0.2) is 54.6 Å². The van der Waals surface area contributed by atoms with Gasteiger partial charge in [0, 0.05) is 12.1 Å². The van der Waals surface area contributed by atoms with Gasteiger partial charge in [0.2, 0.25) is 0 Å². The van der Waals surface area contributed by atoms with E-state index in [4.69, 9.17) is 5.26 Å². The lowest BCUT2D eigenvalue weighted by Crippen LogP contribution is -1.89. The number of non-ortho nitro benzene ring substituents is 1. The minimum absolute atomic E-state index is 0.106. The summed E-state index contributed by atoms with van der Waals surface area (Å²) in [6.07, 6.45) is 4.50. The largest absolute Gasteiger partial charge is 0.269 e. The average Bonchev–Trinajstić information content (AvgIpc) is 2.48. The molecule has 0 aliphatic heterocycles. The fourth-order valence-electron chi connectivity index (χ4n) is 1.80. The zero-order chi connectivity index (χ0) is 14.4. The van der Waals surface area contributed by atoms with Crippen molar-refractivity contribution in [3.63, 3.8) is 0 Å². The van der Waals surface area contributed by atoms with Gasteiger partial charge in [0.25, 0.3) is 5.69 Å². The number of allylic oxidation sites excluding steroid dienone is 1. The van der Waals surface area contributed by atoms with Crippen molar-refractivity contribution in [1.29, 1.82) is 5.26 Å². The lowest BCUT2D eigenvalue weighted by atomic mass is 10.1. The van der Waals surface area contributed by atoms with Gasteiger partial charge in [0.1, 0.15) is 0 Å². The van der Waals surface area contributed by atoms with E-state index in [0.29, 0.717) is 12.0 Å². The Morgan fingerprint density at radius 1 is 1.20 bits per heavy atom. The Balaban J connectivity index is 2.04. The first-order valence-corrected chi connectivity index (χ1v) is 6.09. The average molecular weight is 264 g/mol. The molecule has 0 aliphatic carbocycles. The summed E-state index contributed by atoms with van der Waals surface area (Å²) in [6, 6.07) is 15.9. The fourth-order valence-corrected chi connectivity index (χ4v) is 1.80. The van der Waals surface area contributed by atoms with Crippen molar-refractivity contribution in [2.75, 3.05) is 0 Å². The maximum Gasteiger partial charge on any atom is 0.269 e. The molecule has 0 saturated carbocycles. The Kier molecular flexibility index (Phi) is 4.25. The van der Waals surface area contributed by atoms with Crippen LogP contribution in [0.5, 0.6) is 0 Å². The summed E-state index contributed by atoms with van der Waals surface area (Å²) in [7, 11) is 0. The van der Waals surface area contributed by atoms with E-state index in [2.05, 4.69) is 6.07 Å². The van der Waals surface area contributed by atoms with Crippen molar-refractivity contribution < 1.29 is 4.92 Å². The maximum absolute atomic E-state index is 10.7. The quantitative estimate of drug-likeness (QED) is 0.624. The van der Waals surface area contributed by atoms with E-state index in [1.165, 1.54) is 6.07 Å². The number of nitro benzene ring substituents is 1. The molecule has 0 heterocycles. The van der Waals surface area contributed by atoms with Crippen LogP contribution in [0, 0.1) is 21.4 Å². The minimum atomic E-state index is -0.395. The molecule has 0 spiro atoms. The second kappa shape index (κ2) is 6.30. The van der Waals surface area contributed by atoms with Crippen molar-refractivity contribution in [1.82, 2.24) is 0 Å². The van der Waals surface area contributed by atoms with E-state index in [1.807, 2.05) is 30.4 Å². The van der Waals surface area contributed by atoms with E-state index < -0.39 is 4.92 Å². The van der Waals surface area contributed by atoms with Crippen LogP contribution in [0.3, 0.4) is 0 Å². The number of nitrogens with zero attached hydrogens (tertiary/aromatic N) is 2. The number of hydrogen-bond acceptors (Lipinski definition) is 3. The molecule has 0 aromatic heterocycles. The topological polar surface area (TPSA) is 66.9 Å². The monoisotopic (exact) mass is 264 g/mol. The first kappa shape index (κ1) is 13.5. The lowest BCUT2D eigenvalue weighted by molar-refractivity contribution is -0.384. The third kappa shape index (κ3) is 3.53. The molecule has 0 N–H and O–H groups in total. The summed E-state index contributed by atoms with van der Waals surface area (Å²) in [5, 5.41) is 19.4. The molecule has 0 bridgehead atoms. The molecular weight excluding hydrogens is 252 g/mol. The third-order valence-electron chi connectivity index (χ3n) is 2.83. The molecule has 2 aromatic carbocycles. The number of rotatable bonds is 4. The zero-order valence-corrected chi connectivity index (χ0v) is 10.7. The normalized spacial score (nSPS) is 10.3. The van der Waals surface area contributed by atoms with E-state index in [1.54, 1.807) is 24.3 Å². The van der Waals surface area contributed by atoms with Gasteiger partial charge in [-0.3, -0.25) is 10.1 Å². The summed E-state index contributed by atoms with van der Waals surface area (Å²) in [4.78, 5) is 10.3. The highest BCUT2D eigenvalue weighted by atomic mass is 16.6. The van der Waals surface area contributed by atoms with E-state index in [-0.39, 0.29) is 5.69 Å². The van der Waals surface area contributed by atoms with Gasteiger partial charge in [-0.05, 0) is 29.7 Å². The van der Waals surface area contributed by atoms with Crippen molar-refractivity contribution >= 4 is 11.8 Å². The summed E-state index contributed by atoms with van der Waals surface area (Å²) >= 11 is 0. The number of nitro groups is 1. The minimum Gasteiger partial charge on any atom is -0.258 e. The van der Waals surface area contributed by atoms with Crippen molar-refractivity contribution in [2.45, 2.75) is 6.42 Å². The van der Waals surface area contributed by atoms with Crippen LogP contribution in [0.25, 0.3) is 6.08 Å². The number of hydrogen-bond donors (Lipinski definition) is 0. The second-order valence-electron chi connectivity index (χ2n) is 4.27. The molecule has 0 amide bonds.